The average molecular weight is 546 g/mol. The molecule has 0 bridgehead atoms. The lowest BCUT2D eigenvalue weighted by Crippen LogP contribution is -2.38. The normalized spacial score (nSPS) is 13.7. The zero-order chi connectivity index (χ0) is 28.1. The van der Waals surface area contributed by atoms with Gasteiger partial charge >= 0.3 is 0 Å². The Labute approximate surface area is 230 Å². The number of fused-ring (bicyclic) bond motifs is 1. The molecule has 0 spiro atoms. The van der Waals surface area contributed by atoms with Crippen molar-refractivity contribution in [1.29, 1.82) is 0 Å². The van der Waals surface area contributed by atoms with Crippen LogP contribution in [0, 0.1) is 18.6 Å². The number of aryl methyl sites for hydroxylation is 1. The molecule has 0 aliphatic carbocycles. The highest BCUT2D eigenvalue weighted by Gasteiger charge is 2.16. The van der Waals surface area contributed by atoms with Crippen LogP contribution in [0.5, 0.6) is 5.75 Å². The Bertz CT molecular complexity index is 1530. The Balaban J connectivity index is 1.44. The van der Waals surface area contributed by atoms with Crippen molar-refractivity contribution in [3.63, 3.8) is 0 Å². The van der Waals surface area contributed by atoms with E-state index in [1.54, 1.807) is 43.3 Å². The summed E-state index contributed by atoms with van der Waals surface area (Å²) in [4.78, 5) is 23.2. The molecule has 8 nitrogen and oxygen atoms in total. The summed E-state index contributed by atoms with van der Waals surface area (Å²) in [6.07, 6.45) is 2.59. The lowest BCUT2D eigenvalue weighted by molar-refractivity contribution is -0.111. The monoisotopic (exact) mass is 545 g/mol. The van der Waals surface area contributed by atoms with Gasteiger partial charge in [0.15, 0.2) is 0 Å². The molecule has 1 saturated heterocycles. The molecule has 1 fully saturated rings. The number of benzene rings is 3. The molecule has 3 aromatic carbocycles. The Morgan fingerprint density at radius 2 is 1.90 bits per heavy atom. The summed E-state index contributed by atoms with van der Waals surface area (Å²) >= 11 is 0. The molecule has 0 atom stereocenters. The second kappa shape index (κ2) is 12.2. The molecule has 0 radical (unpaired) electrons. The molecule has 2 heterocycles. The number of nitrogens with zero attached hydrogens (tertiary/aromatic N) is 3. The van der Waals surface area contributed by atoms with Crippen LogP contribution >= 0.6 is 0 Å². The van der Waals surface area contributed by atoms with E-state index in [9.17, 15) is 13.6 Å². The summed E-state index contributed by atoms with van der Waals surface area (Å²) in [5.41, 5.74) is 2.38. The smallest absolute Gasteiger partial charge is 0.247 e. The first-order chi connectivity index (χ1) is 19.4. The van der Waals surface area contributed by atoms with Crippen molar-refractivity contribution in [1.82, 2.24) is 14.9 Å². The van der Waals surface area contributed by atoms with Crippen LogP contribution in [0.15, 0.2) is 67.5 Å². The molecule has 10 heteroatoms. The van der Waals surface area contributed by atoms with E-state index in [-0.39, 0.29) is 5.56 Å². The van der Waals surface area contributed by atoms with E-state index in [2.05, 4.69) is 32.1 Å². The quantitative estimate of drug-likeness (QED) is 0.270. The van der Waals surface area contributed by atoms with Crippen LogP contribution in [0.25, 0.3) is 22.0 Å². The summed E-state index contributed by atoms with van der Waals surface area (Å²) in [5, 5.41) is 6.63. The number of ether oxygens (including phenoxy) is 2. The zero-order valence-electron chi connectivity index (χ0n) is 22.0. The molecule has 0 unspecified atom stereocenters. The largest absolute Gasteiger partial charge is 0.490 e. The van der Waals surface area contributed by atoms with Crippen molar-refractivity contribution < 1.29 is 23.0 Å². The maximum atomic E-state index is 14.6. The first-order valence-corrected chi connectivity index (χ1v) is 12.9. The number of aromatic nitrogens is 2. The summed E-state index contributed by atoms with van der Waals surface area (Å²) in [6.45, 7) is 9.37. The van der Waals surface area contributed by atoms with Gasteiger partial charge in [0.25, 0.3) is 0 Å². The predicted octanol–water partition coefficient (Wildman–Crippen LogP) is 5.46. The number of carbonyl (C=O) groups excluding carboxylic acids is 1. The molecule has 1 aliphatic rings. The Hall–Kier alpha value is -4.41. The van der Waals surface area contributed by atoms with Gasteiger partial charge in [-0.15, -0.1) is 0 Å². The first kappa shape index (κ1) is 27.2. The molecule has 1 aliphatic heterocycles. The second-order valence-corrected chi connectivity index (χ2v) is 9.39. The lowest BCUT2D eigenvalue weighted by atomic mass is 10.0. The molecule has 40 heavy (non-hydrogen) atoms. The van der Waals surface area contributed by atoms with Crippen LogP contribution in [-0.4, -0.2) is 60.2 Å². The van der Waals surface area contributed by atoms with Gasteiger partial charge in [-0.1, -0.05) is 18.7 Å². The van der Waals surface area contributed by atoms with E-state index < -0.39 is 17.5 Å². The van der Waals surface area contributed by atoms with E-state index in [1.807, 2.05) is 0 Å². The molecule has 0 saturated carbocycles. The fourth-order valence-electron chi connectivity index (χ4n) is 4.56. The number of hydrogen-bond donors (Lipinski definition) is 2. The minimum atomic E-state index is -0.633. The Morgan fingerprint density at radius 1 is 1.12 bits per heavy atom. The molecule has 2 N–H and O–H groups in total. The van der Waals surface area contributed by atoms with Crippen LogP contribution in [0.3, 0.4) is 0 Å². The van der Waals surface area contributed by atoms with Gasteiger partial charge in [-0.2, -0.15) is 0 Å². The highest BCUT2D eigenvalue weighted by molar-refractivity contribution is 6.03. The van der Waals surface area contributed by atoms with Crippen molar-refractivity contribution in [2.24, 2.45) is 0 Å². The van der Waals surface area contributed by atoms with Crippen molar-refractivity contribution >= 4 is 34.0 Å². The molecule has 4 aromatic rings. The van der Waals surface area contributed by atoms with E-state index >= 15 is 0 Å². The third-order valence-electron chi connectivity index (χ3n) is 6.55. The number of anilines is 3. The van der Waals surface area contributed by atoms with Gasteiger partial charge in [-0.3, -0.25) is 9.69 Å². The van der Waals surface area contributed by atoms with Gasteiger partial charge < -0.3 is 20.1 Å². The van der Waals surface area contributed by atoms with E-state index in [0.29, 0.717) is 71.3 Å². The van der Waals surface area contributed by atoms with Crippen LogP contribution in [-0.2, 0) is 9.53 Å². The van der Waals surface area contributed by atoms with Gasteiger partial charge in [-0.25, -0.2) is 18.7 Å². The number of hydrogen-bond acceptors (Lipinski definition) is 7. The predicted molar refractivity (Wildman–Crippen MR) is 151 cm³/mol. The highest BCUT2D eigenvalue weighted by Crippen LogP contribution is 2.35. The molecule has 5 rings (SSSR count). The standard InChI is InChI=1S/C30H29F2N5O3/c1-3-28(38)36-26-16-22-25(17-27(26)40-12-9-37-7-10-39-11-8-37)33-18-34-30(22)35-21-6-4-5-20(15-21)29-23(31)13-19(2)14-24(29)32/h3-6,13-18H,1,7-12H2,2H3,(H,36,38)(H,33,34,35). The maximum absolute atomic E-state index is 14.6. The average Bonchev–Trinajstić information content (AvgIpc) is 2.94. The van der Waals surface area contributed by atoms with Crippen LogP contribution in [0.1, 0.15) is 5.56 Å². The van der Waals surface area contributed by atoms with Gasteiger partial charge in [0.05, 0.1) is 30.0 Å². The minimum absolute atomic E-state index is 0.102. The fraction of sp³-hybridized carbons (Fsp3) is 0.233. The second-order valence-electron chi connectivity index (χ2n) is 9.39. The lowest BCUT2D eigenvalue weighted by Gasteiger charge is -2.26. The molecular formula is C30H29F2N5O3. The van der Waals surface area contributed by atoms with Crippen molar-refractivity contribution in [3.05, 3.63) is 84.7 Å². The summed E-state index contributed by atoms with van der Waals surface area (Å²) in [7, 11) is 0. The number of halogens is 2. The Morgan fingerprint density at radius 3 is 2.65 bits per heavy atom. The molecule has 206 valence electrons. The fourth-order valence-corrected chi connectivity index (χ4v) is 4.56. The number of amides is 1. The topological polar surface area (TPSA) is 88.6 Å². The van der Waals surface area contributed by atoms with Gasteiger partial charge in [0.1, 0.15) is 36.1 Å². The maximum Gasteiger partial charge on any atom is 0.247 e. The minimum Gasteiger partial charge on any atom is -0.490 e. The third-order valence-corrected chi connectivity index (χ3v) is 6.55. The zero-order valence-corrected chi connectivity index (χ0v) is 22.0. The van der Waals surface area contributed by atoms with Gasteiger partial charge in [0.2, 0.25) is 5.91 Å². The summed E-state index contributed by atoms with van der Waals surface area (Å²) < 4.78 is 40.7. The molecule has 1 amide bonds. The van der Waals surface area contributed by atoms with Gasteiger partial charge in [0, 0.05) is 36.8 Å². The van der Waals surface area contributed by atoms with Crippen molar-refractivity contribution in [2.45, 2.75) is 6.92 Å². The number of carbonyl (C=O) groups is 1. The van der Waals surface area contributed by atoms with Crippen molar-refractivity contribution in [2.75, 3.05) is 50.1 Å². The van der Waals surface area contributed by atoms with Crippen LogP contribution in [0.2, 0.25) is 0 Å². The third kappa shape index (κ3) is 6.24. The van der Waals surface area contributed by atoms with Crippen LogP contribution < -0.4 is 15.4 Å². The summed E-state index contributed by atoms with van der Waals surface area (Å²) in [6, 6.07) is 12.8. The highest BCUT2D eigenvalue weighted by atomic mass is 19.1. The first-order valence-electron chi connectivity index (χ1n) is 12.9. The van der Waals surface area contributed by atoms with E-state index in [0.717, 1.165) is 13.1 Å². The molecule has 1 aromatic heterocycles. The van der Waals surface area contributed by atoms with Crippen LogP contribution in [0.4, 0.5) is 26.0 Å². The summed E-state index contributed by atoms with van der Waals surface area (Å²) in [5.74, 6) is -0.746. The van der Waals surface area contributed by atoms with E-state index in [1.165, 1.54) is 24.5 Å². The van der Waals surface area contributed by atoms with Gasteiger partial charge in [-0.05, 0) is 54.5 Å². The Kier molecular flexibility index (Phi) is 8.28. The molecular weight excluding hydrogens is 516 g/mol. The number of rotatable bonds is 9. The van der Waals surface area contributed by atoms with E-state index in [4.69, 9.17) is 9.47 Å². The number of morpholine rings is 1. The van der Waals surface area contributed by atoms with Crippen molar-refractivity contribution in [3.8, 4) is 16.9 Å². The SMILES string of the molecule is C=CC(=O)Nc1cc2c(Nc3cccc(-c4c(F)cc(C)cc4F)c3)ncnc2cc1OCCN1CCOCC1. The number of nitrogens with one attached hydrogen (secondary N) is 2.